The Hall–Kier alpha value is -0.00571. The van der Waals surface area contributed by atoms with Crippen molar-refractivity contribution >= 4 is 0 Å². The van der Waals surface area contributed by atoms with Crippen molar-refractivity contribution < 1.29 is 46.5 Å². The van der Waals surface area contributed by atoms with Crippen molar-refractivity contribution in [3.8, 4) is 0 Å². The van der Waals surface area contributed by atoms with Crippen LogP contribution >= 0.6 is 0 Å². The van der Waals surface area contributed by atoms with Crippen LogP contribution in [0.25, 0.3) is 0 Å². The first-order chi connectivity index (χ1) is 8.27. The molecule has 1 unspecified atom stereocenters. The molecule has 0 bridgehead atoms. The quantitative estimate of drug-likeness (QED) is 0.470. The fourth-order valence-electron chi connectivity index (χ4n) is 2.52. The minimum absolute atomic E-state index is 0. The normalized spacial score (nSPS) is 13.8. The molecule has 0 N–H and O–H groups in total. The predicted octanol–water partition coefficient (Wildman–Crippen LogP) is -1.10. The number of hydrogen-bond donors (Lipinski definition) is 0. The molecule has 2 rings (SSSR count). The van der Waals surface area contributed by atoms with Crippen molar-refractivity contribution in [3.63, 3.8) is 0 Å². The second kappa shape index (κ2) is 11.6. The van der Waals surface area contributed by atoms with Gasteiger partial charge in [0.2, 0.25) is 0 Å². The van der Waals surface area contributed by atoms with Gasteiger partial charge in [-0.05, 0) is 23.8 Å². The molecule has 0 aliphatic heterocycles. The number of allylic oxidation sites excluding steroid dienone is 4. The van der Waals surface area contributed by atoms with E-state index in [0.29, 0.717) is 11.8 Å². The molecule has 1 aromatic carbocycles. The molecular weight excluding hydrogens is 323 g/mol. The minimum Gasteiger partial charge on any atom is -1.00 e. The summed E-state index contributed by atoms with van der Waals surface area (Å²) in [5.74, 6) is 1.36. The van der Waals surface area contributed by atoms with Crippen LogP contribution in [0, 0.1) is 12.0 Å². The zero-order chi connectivity index (χ0) is 12.1. The second-order valence-electron chi connectivity index (χ2n) is 5.11. The van der Waals surface area contributed by atoms with Gasteiger partial charge in [-0.1, -0.05) is 50.6 Å². The standard InChI is InChI=1S/C17H21.2ClH.Ti/c1-14(2)17(16-10-4-3-5-11-16)13-12-15-8-6-7-9-15;;;/h3-6,8,10-11,14,17H,7,12-13H2,1-2H3;2*1H;/q-1;;;+3/p-2. The van der Waals surface area contributed by atoms with Gasteiger partial charge in [0.15, 0.2) is 0 Å². The van der Waals surface area contributed by atoms with Gasteiger partial charge in [-0.25, -0.2) is 11.6 Å². The Morgan fingerprint density at radius 2 is 1.75 bits per heavy atom. The van der Waals surface area contributed by atoms with E-state index in [-0.39, 0.29) is 46.5 Å². The summed E-state index contributed by atoms with van der Waals surface area (Å²) in [5.41, 5.74) is 2.87. The van der Waals surface area contributed by atoms with E-state index in [1.165, 1.54) is 17.6 Å². The molecule has 107 valence electrons. The van der Waals surface area contributed by atoms with Gasteiger partial charge in [0.25, 0.3) is 0 Å². The van der Waals surface area contributed by atoms with Gasteiger partial charge < -0.3 is 24.8 Å². The smallest absolute Gasteiger partial charge is 1.00 e. The number of halogens is 2. The van der Waals surface area contributed by atoms with Gasteiger partial charge in [-0.3, -0.25) is 6.08 Å². The van der Waals surface area contributed by atoms with E-state index >= 15 is 0 Å². The van der Waals surface area contributed by atoms with Crippen molar-refractivity contribution in [2.45, 2.75) is 39.0 Å². The molecule has 0 spiro atoms. The monoisotopic (exact) mass is 343 g/mol. The number of rotatable bonds is 5. The van der Waals surface area contributed by atoms with E-state index in [1.807, 2.05) is 0 Å². The summed E-state index contributed by atoms with van der Waals surface area (Å²) >= 11 is 0. The predicted molar refractivity (Wildman–Crippen MR) is 73.8 cm³/mol. The van der Waals surface area contributed by atoms with E-state index in [9.17, 15) is 0 Å². The Morgan fingerprint density at radius 1 is 1.10 bits per heavy atom. The van der Waals surface area contributed by atoms with Gasteiger partial charge in [0.05, 0.1) is 0 Å². The second-order valence-corrected chi connectivity index (χ2v) is 5.11. The Morgan fingerprint density at radius 3 is 2.25 bits per heavy atom. The molecule has 0 nitrogen and oxygen atoms in total. The third-order valence-corrected chi connectivity index (χ3v) is 3.52. The zero-order valence-corrected chi connectivity index (χ0v) is 15.1. The zero-order valence-electron chi connectivity index (χ0n) is 12.1. The first-order valence-corrected chi connectivity index (χ1v) is 6.58. The molecule has 1 aromatic rings. The van der Waals surface area contributed by atoms with Gasteiger partial charge in [0.1, 0.15) is 0 Å². The van der Waals surface area contributed by atoms with E-state index in [1.54, 1.807) is 0 Å². The van der Waals surface area contributed by atoms with Crippen molar-refractivity contribution in [2.75, 3.05) is 0 Å². The Bertz CT molecular complexity index is 410. The molecule has 1 radical (unpaired) electrons. The van der Waals surface area contributed by atoms with Crippen LogP contribution < -0.4 is 24.8 Å². The van der Waals surface area contributed by atoms with Crippen LogP contribution in [0.5, 0.6) is 0 Å². The van der Waals surface area contributed by atoms with Gasteiger partial charge in [0, 0.05) is 0 Å². The number of benzene rings is 1. The molecule has 20 heavy (non-hydrogen) atoms. The first kappa shape index (κ1) is 22.3. The largest absolute Gasteiger partial charge is 3.00 e. The summed E-state index contributed by atoms with van der Waals surface area (Å²) in [6.45, 7) is 4.64. The first-order valence-electron chi connectivity index (χ1n) is 6.58. The fourth-order valence-corrected chi connectivity index (χ4v) is 2.52. The van der Waals surface area contributed by atoms with Crippen molar-refractivity contribution in [2.24, 2.45) is 5.92 Å². The van der Waals surface area contributed by atoms with Crippen molar-refractivity contribution in [1.29, 1.82) is 0 Å². The molecule has 0 saturated heterocycles. The Labute approximate surface area is 150 Å². The van der Waals surface area contributed by atoms with E-state index < -0.39 is 0 Å². The van der Waals surface area contributed by atoms with Crippen molar-refractivity contribution in [3.05, 3.63) is 59.7 Å². The van der Waals surface area contributed by atoms with Crippen LogP contribution in [-0.4, -0.2) is 0 Å². The fraction of sp³-hybridized carbons (Fsp3) is 0.412. The molecule has 0 fully saturated rings. The minimum atomic E-state index is 0. The third-order valence-electron chi connectivity index (χ3n) is 3.52. The van der Waals surface area contributed by atoms with Gasteiger partial charge in [-0.15, -0.1) is 6.42 Å². The van der Waals surface area contributed by atoms with Crippen LogP contribution in [0.4, 0.5) is 0 Å². The summed E-state index contributed by atoms with van der Waals surface area (Å²) in [7, 11) is 0. The average Bonchev–Trinajstić information content (AvgIpc) is 2.83. The molecule has 3 heteroatoms. The molecule has 0 heterocycles. The molecule has 1 aliphatic carbocycles. The Balaban J connectivity index is 0. The molecule has 0 aromatic heterocycles. The SMILES string of the molecule is CC(C)C(CCC1=[C-]CC=C1)c1ccccc1.[Cl-].[Cl-].[Ti+3]. The van der Waals surface area contributed by atoms with Crippen LogP contribution in [0.15, 0.2) is 48.1 Å². The summed E-state index contributed by atoms with van der Waals surface area (Å²) in [6.07, 6.45) is 11.2. The topological polar surface area (TPSA) is 0 Å². The summed E-state index contributed by atoms with van der Waals surface area (Å²) in [4.78, 5) is 0. The van der Waals surface area contributed by atoms with Crippen molar-refractivity contribution in [1.82, 2.24) is 0 Å². The van der Waals surface area contributed by atoms with Crippen LogP contribution in [-0.2, 0) is 21.7 Å². The molecular formula is C17H21Cl2Ti. The average molecular weight is 344 g/mol. The molecule has 1 atom stereocenters. The Kier molecular flexibility index (Phi) is 13.0. The maximum absolute atomic E-state index is 3.41. The third kappa shape index (κ3) is 6.63. The molecule has 0 saturated carbocycles. The van der Waals surface area contributed by atoms with Crippen LogP contribution in [0.3, 0.4) is 0 Å². The van der Waals surface area contributed by atoms with Gasteiger partial charge in [-0.2, -0.15) is 6.08 Å². The maximum Gasteiger partial charge on any atom is 3.00 e. The van der Waals surface area contributed by atoms with E-state index in [2.05, 4.69) is 62.4 Å². The number of hydrogen-bond acceptors (Lipinski definition) is 0. The van der Waals surface area contributed by atoms with Gasteiger partial charge >= 0.3 is 21.7 Å². The summed E-state index contributed by atoms with van der Waals surface area (Å²) in [5, 5.41) is 0. The van der Waals surface area contributed by atoms with Crippen LogP contribution in [0.2, 0.25) is 0 Å². The molecule has 1 aliphatic rings. The summed E-state index contributed by atoms with van der Waals surface area (Å²) < 4.78 is 0. The van der Waals surface area contributed by atoms with Crippen LogP contribution in [0.1, 0.15) is 44.6 Å². The molecule has 0 amide bonds. The maximum atomic E-state index is 3.41. The van der Waals surface area contributed by atoms with E-state index in [4.69, 9.17) is 0 Å². The van der Waals surface area contributed by atoms with E-state index in [0.717, 1.165) is 12.8 Å². The summed E-state index contributed by atoms with van der Waals surface area (Å²) in [6, 6.07) is 10.9.